The van der Waals surface area contributed by atoms with Gasteiger partial charge in [0, 0.05) is 50.6 Å². The van der Waals surface area contributed by atoms with Gasteiger partial charge in [0.25, 0.3) is 6.71 Å². The van der Waals surface area contributed by atoms with Gasteiger partial charge in [0.15, 0.2) is 0 Å². The van der Waals surface area contributed by atoms with Crippen molar-refractivity contribution in [2.45, 2.75) is 26.2 Å². The zero-order valence-electron chi connectivity index (χ0n) is 46.1. The molecule has 13 aromatic carbocycles. The fourth-order valence-electron chi connectivity index (χ4n) is 13.7. The van der Waals surface area contributed by atoms with Crippen LogP contribution in [0.15, 0.2) is 285 Å². The molecule has 2 aliphatic rings. The number of rotatable bonds is 7. The van der Waals surface area contributed by atoms with E-state index < -0.39 is 0 Å². The Balaban J connectivity index is 0.989. The van der Waals surface area contributed by atoms with Crippen molar-refractivity contribution < 1.29 is 0 Å². The summed E-state index contributed by atoms with van der Waals surface area (Å²) in [5, 5.41) is 7.46. The van der Waals surface area contributed by atoms with Crippen molar-refractivity contribution in [1.82, 2.24) is 4.57 Å². The second kappa shape index (κ2) is 18.7. The highest BCUT2D eigenvalue weighted by Crippen LogP contribution is 2.50. The Kier molecular flexibility index (Phi) is 10.9. The van der Waals surface area contributed by atoms with Crippen LogP contribution in [0.2, 0.25) is 0 Å². The van der Waals surface area contributed by atoms with Crippen molar-refractivity contribution in [2.24, 2.45) is 0 Å². The molecule has 386 valence electrons. The summed E-state index contributed by atoms with van der Waals surface area (Å²) in [6, 6.07) is 106. The standard InChI is InChI=1S/C78H56BN3/c1-78(2,3)57-48-73-77-74(49-57)81(59-42-37-54(38-43-59)52-23-9-5-10-24-52)72-50-60(82-69-33-19-17-27-61(69)62-28-18-20-34-70(62)82)44-46-68(72)79(77)67-45-39-56(47-71(67)80(73)58-40-35-53(36-41-58)51-21-7-4-8-22-51)76-65-31-15-13-29-63(65)75(55-25-11-6-12-26-55)64-30-14-16-32-66(64)76/h4-50H,1-3H3. The number of aromatic nitrogens is 1. The molecule has 0 unspecified atom stereocenters. The SMILES string of the molecule is CC(C)(C)c1cc2c3c(c1)N(c1ccc(-c4ccccc4)cc1)c1cc(-n4c5ccccc5c5ccccc54)ccc1B3c1ccc(-c3c4ccccc4c(-c4ccccc4)c4ccccc34)cc1N2c1ccc(-c2ccccc2)cc1. The number of hydrogen-bond donors (Lipinski definition) is 0. The predicted octanol–water partition coefficient (Wildman–Crippen LogP) is 19.1. The van der Waals surface area contributed by atoms with E-state index in [1.165, 1.54) is 133 Å². The molecule has 1 aromatic heterocycles. The molecule has 0 fully saturated rings. The van der Waals surface area contributed by atoms with E-state index in [0.29, 0.717) is 0 Å². The van der Waals surface area contributed by atoms with Gasteiger partial charge in [-0.05, 0) is 160 Å². The number of anilines is 6. The molecule has 82 heavy (non-hydrogen) atoms. The third-order valence-corrected chi connectivity index (χ3v) is 17.5. The van der Waals surface area contributed by atoms with Crippen LogP contribution < -0.4 is 26.2 Å². The number of fused-ring (bicyclic) bond motifs is 9. The Hall–Kier alpha value is -10.2. The summed E-state index contributed by atoms with van der Waals surface area (Å²) in [5.41, 5.74) is 25.1. The lowest BCUT2D eigenvalue weighted by molar-refractivity contribution is 0.590. The lowest BCUT2D eigenvalue weighted by Crippen LogP contribution is -2.61. The van der Waals surface area contributed by atoms with Crippen LogP contribution in [0.1, 0.15) is 26.3 Å². The van der Waals surface area contributed by atoms with E-state index in [4.69, 9.17) is 0 Å². The Morgan fingerprint density at radius 1 is 0.280 bits per heavy atom. The summed E-state index contributed by atoms with van der Waals surface area (Å²) in [6.45, 7) is 6.98. The van der Waals surface area contributed by atoms with Gasteiger partial charge in [-0.2, -0.15) is 0 Å². The highest BCUT2D eigenvalue weighted by molar-refractivity contribution is 7.00. The third-order valence-electron chi connectivity index (χ3n) is 17.5. The first-order valence-electron chi connectivity index (χ1n) is 28.7. The van der Waals surface area contributed by atoms with E-state index in [0.717, 1.165) is 17.1 Å². The molecule has 0 bridgehead atoms. The quantitative estimate of drug-likeness (QED) is 0.116. The maximum absolute atomic E-state index is 2.59. The molecular weight excluding hydrogens is 990 g/mol. The van der Waals surface area contributed by atoms with Gasteiger partial charge in [-0.1, -0.05) is 239 Å². The molecule has 2 aliphatic heterocycles. The fourth-order valence-corrected chi connectivity index (χ4v) is 13.7. The molecule has 3 heterocycles. The molecule has 0 radical (unpaired) electrons. The molecule has 0 N–H and O–H groups in total. The topological polar surface area (TPSA) is 11.4 Å². The molecule has 0 spiro atoms. The molecule has 0 saturated heterocycles. The molecule has 0 saturated carbocycles. The Morgan fingerprint density at radius 2 is 0.634 bits per heavy atom. The van der Waals surface area contributed by atoms with Crippen molar-refractivity contribution >= 4 is 101 Å². The predicted molar refractivity (Wildman–Crippen MR) is 350 cm³/mol. The number of nitrogens with zero attached hydrogens (tertiary/aromatic N) is 3. The third kappa shape index (κ3) is 7.52. The lowest BCUT2D eigenvalue weighted by Gasteiger charge is -2.45. The van der Waals surface area contributed by atoms with Crippen molar-refractivity contribution in [3.8, 4) is 50.2 Å². The van der Waals surface area contributed by atoms with Crippen LogP contribution in [0.5, 0.6) is 0 Å². The smallest absolute Gasteiger partial charge is 0.252 e. The minimum absolute atomic E-state index is 0.0982. The van der Waals surface area contributed by atoms with Crippen molar-refractivity contribution in [3.05, 3.63) is 291 Å². The zero-order chi connectivity index (χ0) is 54.6. The highest BCUT2D eigenvalue weighted by atomic mass is 15.2. The molecule has 14 aromatic rings. The summed E-state index contributed by atoms with van der Waals surface area (Å²) in [6.07, 6.45) is 0. The molecule has 0 atom stereocenters. The van der Waals surface area contributed by atoms with E-state index in [2.05, 4.69) is 320 Å². The lowest BCUT2D eigenvalue weighted by atomic mass is 9.33. The van der Waals surface area contributed by atoms with Gasteiger partial charge in [0.05, 0.1) is 11.0 Å². The van der Waals surface area contributed by atoms with Crippen LogP contribution in [0.25, 0.3) is 93.5 Å². The molecule has 16 rings (SSSR count). The van der Waals surface area contributed by atoms with Crippen LogP contribution in [0.3, 0.4) is 0 Å². The van der Waals surface area contributed by atoms with Gasteiger partial charge in [0.2, 0.25) is 0 Å². The second-order valence-electron chi connectivity index (χ2n) is 23.2. The van der Waals surface area contributed by atoms with E-state index in [1.807, 2.05) is 0 Å². The Morgan fingerprint density at radius 3 is 1.10 bits per heavy atom. The van der Waals surface area contributed by atoms with Crippen molar-refractivity contribution in [2.75, 3.05) is 9.80 Å². The normalized spacial score (nSPS) is 12.7. The first-order valence-corrected chi connectivity index (χ1v) is 28.7. The summed E-state index contributed by atoms with van der Waals surface area (Å²) in [7, 11) is 0. The van der Waals surface area contributed by atoms with E-state index >= 15 is 0 Å². The Bertz CT molecular complexity index is 4720. The van der Waals surface area contributed by atoms with Crippen LogP contribution >= 0.6 is 0 Å². The van der Waals surface area contributed by atoms with Crippen LogP contribution in [-0.2, 0) is 5.41 Å². The van der Waals surface area contributed by atoms with Gasteiger partial charge in [-0.15, -0.1) is 0 Å². The molecule has 0 amide bonds. The monoisotopic (exact) mass is 1050 g/mol. The van der Waals surface area contributed by atoms with Crippen LogP contribution in [0, 0.1) is 0 Å². The van der Waals surface area contributed by atoms with Gasteiger partial charge in [0.1, 0.15) is 0 Å². The minimum Gasteiger partial charge on any atom is -0.311 e. The van der Waals surface area contributed by atoms with E-state index in [-0.39, 0.29) is 12.1 Å². The molecule has 4 heteroatoms. The first kappa shape index (κ1) is 47.8. The second-order valence-corrected chi connectivity index (χ2v) is 23.2. The van der Waals surface area contributed by atoms with Crippen molar-refractivity contribution in [3.63, 3.8) is 0 Å². The van der Waals surface area contributed by atoms with Crippen molar-refractivity contribution in [1.29, 1.82) is 0 Å². The number of benzene rings is 13. The summed E-state index contributed by atoms with van der Waals surface area (Å²) in [4.78, 5) is 5.17. The zero-order valence-corrected chi connectivity index (χ0v) is 46.1. The van der Waals surface area contributed by atoms with Gasteiger partial charge in [-0.3, -0.25) is 0 Å². The number of para-hydroxylation sites is 2. The van der Waals surface area contributed by atoms with Gasteiger partial charge >= 0.3 is 0 Å². The largest absolute Gasteiger partial charge is 0.311 e. The maximum atomic E-state index is 2.59. The van der Waals surface area contributed by atoms with Gasteiger partial charge in [-0.25, -0.2) is 0 Å². The maximum Gasteiger partial charge on any atom is 0.252 e. The van der Waals surface area contributed by atoms with E-state index in [1.54, 1.807) is 0 Å². The van der Waals surface area contributed by atoms with Crippen LogP contribution in [-0.4, -0.2) is 11.3 Å². The number of hydrogen-bond acceptors (Lipinski definition) is 2. The average molecular weight is 1050 g/mol. The minimum atomic E-state index is -0.196. The fraction of sp³-hybridized carbons (Fsp3) is 0.0513. The molecular formula is C78H56BN3. The van der Waals surface area contributed by atoms with Crippen LogP contribution in [0.4, 0.5) is 34.1 Å². The Labute approximate surface area is 479 Å². The average Bonchev–Trinajstić information content (AvgIpc) is 3.90. The summed E-state index contributed by atoms with van der Waals surface area (Å²) < 4.78 is 2.47. The summed E-state index contributed by atoms with van der Waals surface area (Å²) >= 11 is 0. The molecule has 3 nitrogen and oxygen atoms in total. The van der Waals surface area contributed by atoms with Gasteiger partial charge < -0.3 is 14.4 Å². The summed E-state index contributed by atoms with van der Waals surface area (Å²) in [5.74, 6) is 0. The van der Waals surface area contributed by atoms with E-state index in [9.17, 15) is 0 Å². The highest BCUT2D eigenvalue weighted by Gasteiger charge is 2.44. The first-order chi connectivity index (χ1) is 40.3. The molecule has 0 aliphatic carbocycles.